The summed E-state index contributed by atoms with van der Waals surface area (Å²) in [5.74, 6) is 0. The molecule has 0 atom stereocenters. The third kappa shape index (κ3) is 4.22. The SMILES string of the molecule is CCOP(=O)(OCC)C(F)(F)/C=C(\C)c1ccccc1C. The highest BCUT2D eigenvalue weighted by Gasteiger charge is 2.51. The van der Waals surface area contributed by atoms with E-state index in [1.54, 1.807) is 19.1 Å². The van der Waals surface area contributed by atoms with E-state index in [0.29, 0.717) is 17.2 Å². The summed E-state index contributed by atoms with van der Waals surface area (Å²) in [5.41, 5.74) is -1.80. The van der Waals surface area contributed by atoms with Gasteiger partial charge in [-0.25, -0.2) is 0 Å². The molecule has 1 rings (SSSR count). The van der Waals surface area contributed by atoms with Crippen LogP contribution in [0.4, 0.5) is 8.78 Å². The third-order valence-corrected chi connectivity index (χ3v) is 4.98. The van der Waals surface area contributed by atoms with Gasteiger partial charge in [0.15, 0.2) is 0 Å². The molecule has 0 heterocycles. The van der Waals surface area contributed by atoms with Gasteiger partial charge < -0.3 is 9.05 Å². The van der Waals surface area contributed by atoms with Crippen LogP contribution in [0.15, 0.2) is 30.3 Å². The van der Waals surface area contributed by atoms with Gasteiger partial charge >= 0.3 is 13.3 Å². The first-order valence-electron chi connectivity index (χ1n) is 6.80. The molecule has 0 N–H and O–H groups in total. The molecule has 0 saturated heterocycles. The first-order valence-corrected chi connectivity index (χ1v) is 8.34. The first-order chi connectivity index (χ1) is 9.77. The fourth-order valence-electron chi connectivity index (χ4n) is 1.98. The van der Waals surface area contributed by atoms with Crippen LogP contribution in [0.25, 0.3) is 5.57 Å². The van der Waals surface area contributed by atoms with Gasteiger partial charge in [0.2, 0.25) is 0 Å². The van der Waals surface area contributed by atoms with Gasteiger partial charge in [0.1, 0.15) is 0 Å². The van der Waals surface area contributed by atoms with Crippen LogP contribution in [0.2, 0.25) is 0 Å². The zero-order valence-electron chi connectivity index (χ0n) is 12.7. The van der Waals surface area contributed by atoms with Gasteiger partial charge in [-0.3, -0.25) is 4.57 Å². The summed E-state index contributed by atoms with van der Waals surface area (Å²) < 4.78 is 50.4. The zero-order chi connectivity index (χ0) is 16.1. The van der Waals surface area contributed by atoms with Crippen LogP contribution in [0.1, 0.15) is 31.9 Å². The van der Waals surface area contributed by atoms with E-state index in [4.69, 9.17) is 9.05 Å². The Morgan fingerprint density at radius 2 is 1.76 bits per heavy atom. The average Bonchev–Trinajstić information content (AvgIpc) is 2.39. The second kappa shape index (κ2) is 7.30. The van der Waals surface area contributed by atoms with Crippen LogP contribution in [0, 0.1) is 6.92 Å². The normalized spacial score (nSPS) is 13.5. The van der Waals surface area contributed by atoms with Crippen molar-refractivity contribution in [2.75, 3.05) is 13.2 Å². The third-order valence-electron chi connectivity index (χ3n) is 2.92. The second-order valence-corrected chi connectivity index (χ2v) is 6.67. The number of allylic oxidation sites excluding steroid dienone is 2. The number of hydrogen-bond acceptors (Lipinski definition) is 3. The summed E-state index contributed by atoms with van der Waals surface area (Å²) in [7, 11) is -4.52. The summed E-state index contributed by atoms with van der Waals surface area (Å²) in [6, 6.07) is 7.16. The predicted molar refractivity (Wildman–Crippen MR) is 80.6 cm³/mol. The molecule has 21 heavy (non-hydrogen) atoms. The van der Waals surface area contributed by atoms with Gasteiger partial charge in [0.05, 0.1) is 13.2 Å². The van der Waals surface area contributed by atoms with Crippen molar-refractivity contribution in [2.45, 2.75) is 33.4 Å². The predicted octanol–water partition coefficient (Wildman–Crippen LogP) is 5.26. The number of halogens is 2. The van der Waals surface area contributed by atoms with Crippen molar-refractivity contribution >= 4 is 13.2 Å². The summed E-state index contributed by atoms with van der Waals surface area (Å²) in [6.07, 6.45) is 0.668. The fraction of sp³-hybridized carbons (Fsp3) is 0.467. The Balaban J connectivity index is 3.20. The van der Waals surface area contributed by atoms with E-state index in [1.165, 1.54) is 13.8 Å². The number of alkyl halides is 2. The van der Waals surface area contributed by atoms with E-state index >= 15 is 0 Å². The monoisotopic (exact) mass is 318 g/mol. The van der Waals surface area contributed by atoms with E-state index in [1.807, 2.05) is 19.1 Å². The Morgan fingerprint density at radius 3 is 2.24 bits per heavy atom. The van der Waals surface area contributed by atoms with Crippen LogP contribution in [-0.2, 0) is 13.6 Å². The van der Waals surface area contributed by atoms with Crippen LogP contribution in [0.3, 0.4) is 0 Å². The molecule has 0 amide bonds. The molecule has 0 aliphatic carbocycles. The van der Waals surface area contributed by atoms with E-state index in [9.17, 15) is 13.3 Å². The van der Waals surface area contributed by atoms with Crippen molar-refractivity contribution in [3.63, 3.8) is 0 Å². The Hall–Kier alpha value is -1.03. The van der Waals surface area contributed by atoms with Crippen molar-refractivity contribution < 1.29 is 22.4 Å². The van der Waals surface area contributed by atoms with Crippen molar-refractivity contribution in [1.29, 1.82) is 0 Å². The molecule has 0 aromatic heterocycles. The molecule has 0 saturated carbocycles. The molecule has 0 radical (unpaired) electrons. The Morgan fingerprint density at radius 1 is 1.24 bits per heavy atom. The van der Waals surface area contributed by atoms with Crippen LogP contribution >= 0.6 is 7.60 Å². The summed E-state index contributed by atoms with van der Waals surface area (Å²) in [5, 5.41) is 0. The van der Waals surface area contributed by atoms with E-state index < -0.39 is 13.3 Å². The van der Waals surface area contributed by atoms with Gasteiger partial charge in [-0.1, -0.05) is 24.3 Å². The Bertz CT molecular complexity index is 546. The number of benzene rings is 1. The second-order valence-electron chi connectivity index (χ2n) is 4.56. The molecule has 0 fully saturated rings. The molecule has 1 aromatic carbocycles. The lowest BCUT2D eigenvalue weighted by molar-refractivity contribution is 0.0797. The van der Waals surface area contributed by atoms with Crippen molar-refractivity contribution in [3.8, 4) is 0 Å². The molecule has 118 valence electrons. The van der Waals surface area contributed by atoms with Crippen molar-refractivity contribution in [2.24, 2.45) is 0 Å². The maximum Gasteiger partial charge on any atom is 0.403 e. The summed E-state index contributed by atoms with van der Waals surface area (Å²) in [4.78, 5) is 0. The molecule has 6 heteroatoms. The zero-order valence-corrected chi connectivity index (χ0v) is 13.6. The molecule has 0 aliphatic heterocycles. The fourth-order valence-corrected chi connectivity index (χ4v) is 3.43. The lowest BCUT2D eigenvalue weighted by Gasteiger charge is -2.24. The number of hydrogen-bond donors (Lipinski definition) is 0. The van der Waals surface area contributed by atoms with E-state index in [0.717, 1.165) is 5.56 Å². The molecule has 1 aromatic rings. The topological polar surface area (TPSA) is 35.5 Å². The van der Waals surface area contributed by atoms with E-state index in [2.05, 4.69) is 0 Å². The summed E-state index contributed by atoms with van der Waals surface area (Å²) >= 11 is 0. The first kappa shape index (κ1) is 18.0. The highest BCUT2D eigenvalue weighted by atomic mass is 31.2. The molecular formula is C15H21F2O3P. The molecular weight excluding hydrogens is 297 g/mol. The van der Waals surface area contributed by atoms with Crippen molar-refractivity contribution in [1.82, 2.24) is 0 Å². The van der Waals surface area contributed by atoms with Gasteiger partial charge in [0.25, 0.3) is 0 Å². The van der Waals surface area contributed by atoms with Gasteiger partial charge in [-0.2, -0.15) is 8.78 Å². The van der Waals surface area contributed by atoms with E-state index in [-0.39, 0.29) is 13.2 Å². The highest BCUT2D eigenvalue weighted by molar-refractivity contribution is 7.55. The lowest BCUT2D eigenvalue weighted by Crippen LogP contribution is -2.18. The van der Waals surface area contributed by atoms with Crippen LogP contribution in [0.5, 0.6) is 0 Å². The molecule has 0 unspecified atom stereocenters. The smallest absolute Gasteiger partial charge is 0.304 e. The maximum absolute atomic E-state index is 14.3. The average molecular weight is 318 g/mol. The van der Waals surface area contributed by atoms with Crippen LogP contribution < -0.4 is 0 Å². The van der Waals surface area contributed by atoms with Gasteiger partial charge in [0, 0.05) is 6.08 Å². The largest absolute Gasteiger partial charge is 0.403 e. The minimum atomic E-state index is -4.52. The van der Waals surface area contributed by atoms with Crippen LogP contribution in [-0.4, -0.2) is 18.9 Å². The molecule has 0 bridgehead atoms. The highest BCUT2D eigenvalue weighted by Crippen LogP contribution is 2.63. The van der Waals surface area contributed by atoms with Crippen molar-refractivity contribution in [3.05, 3.63) is 41.5 Å². The standard InChI is InChI=1S/C15H21F2O3P/c1-5-19-21(18,20-6-2)15(16,17)11-13(4)14-10-8-7-9-12(14)3/h7-11H,5-6H2,1-4H3/b13-11+. The maximum atomic E-state index is 14.3. The number of rotatable bonds is 7. The summed E-state index contributed by atoms with van der Waals surface area (Å²) in [6.45, 7) is 6.17. The van der Waals surface area contributed by atoms with Gasteiger partial charge in [-0.15, -0.1) is 0 Å². The number of aryl methyl sites for hydroxylation is 1. The molecule has 3 nitrogen and oxygen atoms in total. The molecule has 0 aliphatic rings. The minimum absolute atomic E-state index is 0.107. The minimum Gasteiger partial charge on any atom is -0.304 e. The Labute approximate surface area is 124 Å². The Kier molecular flexibility index (Phi) is 6.26. The van der Waals surface area contributed by atoms with Gasteiger partial charge in [-0.05, 0) is 44.4 Å². The quantitative estimate of drug-likeness (QED) is 0.644. The lowest BCUT2D eigenvalue weighted by atomic mass is 10.0. The molecule has 0 spiro atoms.